The lowest BCUT2D eigenvalue weighted by Gasteiger charge is -2.35. The summed E-state index contributed by atoms with van der Waals surface area (Å²) in [6, 6.07) is 12.4. The fraction of sp³-hybridized carbons (Fsp3) is 0.182. The first-order valence-electron chi connectivity index (χ1n) is 9.09. The summed E-state index contributed by atoms with van der Waals surface area (Å²) in [6.45, 7) is 2.50. The third-order valence-electron chi connectivity index (χ3n) is 5.17. The number of hydrogen-bond donors (Lipinski definition) is 0. The Balaban J connectivity index is 1.65. The summed E-state index contributed by atoms with van der Waals surface area (Å²) in [5.74, 6) is -0.376. The molecule has 0 aliphatic carbocycles. The zero-order chi connectivity index (χ0) is 19.3. The maximum absolute atomic E-state index is 13.7. The normalized spacial score (nSPS) is 16.4. The van der Waals surface area contributed by atoms with Gasteiger partial charge in [0, 0.05) is 33.4 Å². The lowest BCUT2D eigenvalue weighted by atomic mass is 9.96. The molecule has 6 heteroatoms. The largest absolute Gasteiger partial charge is 0.326 e. The number of nitrogens with zero attached hydrogens (tertiary/aromatic N) is 2. The number of halogens is 1. The van der Waals surface area contributed by atoms with Crippen LogP contribution in [0.5, 0.6) is 0 Å². The van der Waals surface area contributed by atoms with Crippen LogP contribution in [0.25, 0.3) is 10.9 Å². The molecule has 1 atom stereocenters. The molecule has 28 heavy (non-hydrogen) atoms. The first-order chi connectivity index (χ1) is 13.6. The first kappa shape index (κ1) is 17.5. The summed E-state index contributed by atoms with van der Waals surface area (Å²) >= 11 is 3.43. The van der Waals surface area contributed by atoms with E-state index in [0.29, 0.717) is 28.7 Å². The van der Waals surface area contributed by atoms with Crippen molar-refractivity contribution in [2.24, 2.45) is 0 Å². The molecule has 0 N–H and O–H groups in total. The predicted octanol–water partition coefficient (Wildman–Crippen LogP) is 5.59. The van der Waals surface area contributed by atoms with Crippen LogP contribution < -0.4 is 0 Å². The second-order valence-corrected chi connectivity index (χ2v) is 8.92. The standard InChI is InChI=1S/C22H17FN2OS2/c1-13-11-17(15-5-4-14(23)12-18(15)24-13)22(26)25-8-6-19-16(7-10-28-19)21(25)20-3-2-9-27-20/h2-5,7,9-12,21H,6,8H2,1H3. The summed E-state index contributed by atoms with van der Waals surface area (Å²) in [7, 11) is 0. The Hall–Kier alpha value is -2.57. The third-order valence-corrected chi connectivity index (χ3v) is 7.09. The van der Waals surface area contributed by atoms with E-state index in [1.165, 1.54) is 22.6 Å². The summed E-state index contributed by atoms with van der Waals surface area (Å²) in [5.41, 5.74) is 3.03. The highest BCUT2D eigenvalue weighted by molar-refractivity contribution is 7.10. The van der Waals surface area contributed by atoms with Gasteiger partial charge in [-0.05, 0) is 60.0 Å². The van der Waals surface area contributed by atoms with Crippen molar-refractivity contribution in [3.05, 3.63) is 85.6 Å². The van der Waals surface area contributed by atoms with Gasteiger partial charge in [-0.25, -0.2) is 4.39 Å². The Labute approximate surface area is 170 Å². The number of hydrogen-bond acceptors (Lipinski definition) is 4. The SMILES string of the molecule is Cc1cc(C(=O)N2CCc3sccc3C2c2cccs2)c2ccc(F)cc2n1. The Morgan fingerprint density at radius 1 is 1.18 bits per heavy atom. The van der Waals surface area contributed by atoms with Crippen LogP contribution in [0.1, 0.15) is 37.4 Å². The lowest BCUT2D eigenvalue weighted by molar-refractivity contribution is 0.0700. The maximum atomic E-state index is 13.7. The first-order valence-corrected chi connectivity index (χ1v) is 10.9. The Kier molecular flexibility index (Phi) is 4.25. The minimum Gasteiger partial charge on any atom is -0.326 e. The molecule has 5 rings (SSSR count). The highest BCUT2D eigenvalue weighted by atomic mass is 32.1. The van der Waals surface area contributed by atoms with E-state index in [1.807, 2.05) is 29.3 Å². The number of pyridine rings is 1. The maximum Gasteiger partial charge on any atom is 0.255 e. The summed E-state index contributed by atoms with van der Waals surface area (Å²) in [6.07, 6.45) is 0.858. The van der Waals surface area contributed by atoms with Gasteiger partial charge in [-0.1, -0.05) is 6.07 Å². The molecule has 140 valence electrons. The van der Waals surface area contributed by atoms with Gasteiger partial charge in [0.15, 0.2) is 0 Å². The van der Waals surface area contributed by atoms with Crippen molar-refractivity contribution in [2.45, 2.75) is 19.4 Å². The van der Waals surface area contributed by atoms with Crippen LogP contribution in [0.4, 0.5) is 4.39 Å². The van der Waals surface area contributed by atoms with E-state index >= 15 is 0 Å². The van der Waals surface area contributed by atoms with E-state index in [4.69, 9.17) is 0 Å². The van der Waals surface area contributed by atoms with E-state index in [0.717, 1.165) is 11.3 Å². The van der Waals surface area contributed by atoms with Gasteiger partial charge in [-0.3, -0.25) is 9.78 Å². The average Bonchev–Trinajstić information content (AvgIpc) is 3.37. The van der Waals surface area contributed by atoms with Crippen LogP contribution in [0, 0.1) is 12.7 Å². The monoisotopic (exact) mass is 408 g/mol. The molecule has 0 saturated heterocycles. The molecule has 0 fully saturated rings. The van der Waals surface area contributed by atoms with Crippen molar-refractivity contribution in [3.63, 3.8) is 0 Å². The van der Waals surface area contributed by atoms with Gasteiger partial charge in [-0.15, -0.1) is 22.7 Å². The van der Waals surface area contributed by atoms with Crippen LogP contribution in [0.15, 0.2) is 53.2 Å². The van der Waals surface area contributed by atoms with E-state index < -0.39 is 0 Å². The van der Waals surface area contributed by atoms with E-state index in [2.05, 4.69) is 22.5 Å². The number of carbonyl (C=O) groups excluding carboxylic acids is 1. The van der Waals surface area contributed by atoms with Gasteiger partial charge >= 0.3 is 0 Å². The zero-order valence-electron chi connectivity index (χ0n) is 15.2. The highest BCUT2D eigenvalue weighted by Crippen LogP contribution is 2.40. The van der Waals surface area contributed by atoms with Gasteiger partial charge in [-0.2, -0.15) is 0 Å². The van der Waals surface area contributed by atoms with Crippen molar-refractivity contribution in [2.75, 3.05) is 6.54 Å². The van der Waals surface area contributed by atoms with Crippen LogP contribution in [-0.2, 0) is 6.42 Å². The van der Waals surface area contributed by atoms with E-state index in [1.54, 1.807) is 28.7 Å². The molecule has 1 amide bonds. The molecule has 1 aliphatic heterocycles. The van der Waals surface area contributed by atoms with Crippen LogP contribution in [-0.4, -0.2) is 22.3 Å². The second kappa shape index (κ2) is 6.79. The van der Waals surface area contributed by atoms with Gasteiger partial charge in [0.05, 0.1) is 17.1 Å². The lowest BCUT2D eigenvalue weighted by Crippen LogP contribution is -2.39. The summed E-state index contributed by atoms with van der Waals surface area (Å²) in [4.78, 5) is 22.6. The Morgan fingerprint density at radius 3 is 2.89 bits per heavy atom. The van der Waals surface area contributed by atoms with Crippen molar-refractivity contribution in [1.82, 2.24) is 9.88 Å². The van der Waals surface area contributed by atoms with E-state index in [9.17, 15) is 9.18 Å². The minimum absolute atomic E-state index is 0.0302. The molecule has 0 radical (unpaired) electrons. The van der Waals surface area contributed by atoms with Crippen molar-refractivity contribution in [3.8, 4) is 0 Å². The molecule has 1 unspecified atom stereocenters. The molecule has 0 bridgehead atoms. The number of aromatic nitrogens is 1. The van der Waals surface area contributed by atoms with Gasteiger partial charge in [0.25, 0.3) is 5.91 Å². The topological polar surface area (TPSA) is 33.2 Å². The summed E-state index contributed by atoms with van der Waals surface area (Å²) < 4.78 is 13.7. The molecule has 4 aromatic rings. The fourth-order valence-corrected chi connectivity index (χ4v) is 5.71. The van der Waals surface area contributed by atoms with Crippen LogP contribution in [0.3, 0.4) is 0 Å². The number of rotatable bonds is 2. The second-order valence-electron chi connectivity index (χ2n) is 6.94. The zero-order valence-corrected chi connectivity index (χ0v) is 16.8. The predicted molar refractivity (Wildman–Crippen MR) is 112 cm³/mol. The molecule has 0 spiro atoms. The number of amides is 1. The quantitative estimate of drug-likeness (QED) is 0.433. The highest BCUT2D eigenvalue weighted by Gasteiger charge is 2.34. The van der Waals surface area contributed by atoms with Crippen molar-refractivity contribution >= 4 is 39.5 Å². The Bertz CT molecular complexity index is 1180. The molecule has 0 saturated carbocycles. The molecule has 3 nitrogen and oxygen atoms in total. The Morgan fingerprint density at radius 2 is 2.07 bits per heavy atom. The van der Waals surface area contributed by atoms with Crippen molar-refractivity contribution < 1.29 is 9.18 Å². The number of aryl methyl sites for hydroxylation is 1. The fourth-order valence-electron chi connectivity index (χ4n) is 3.95. The van der Waals surface area contributed by atoms with Gasteiger partial charge in [0.1, 0.15) is 5.82 Å². The molecule has 3 aromatic heterocycles. The third kappa shape index (κ3) is 2.84. The van der Waals surface area contributed by atoms with Crippen molar-refractivity contribution in [1.29, 1.82) is 0 Å². The van der Waals surface area contributed by atoms with Crippen LogP contribution in [0.2, 0.25) is 0 Å². The van der Waals surface area contributed by atoms with Gasteiger partial charge in [0.2, 0.25) is 0 Å². The minimum atomic E-state index is -0.346. The van der Waals surface area contributed by atoms with E-state index in [-0.39, 0.29) is 17.8 Å². The van der Waals surface area contributed by atoms with Crippen LogP contribution >= 0.6 is 22.7 Å². The molecule has 1 aromatic carbocycles. The summed E-state index contributed by atoms with van der Waals surface area (Å²) in [5, 5.41) is 4.85. The number of carbonyl (C=O) groups is 1. The molecule has 1 aliphatic rings. The molecule has 4 heterocycles. The molecular formula is C22H17FN2OS2. The number of thiophene rings is 2. The average molecular weight is 409 g/mol. The number of fused-ring (bicyclic) bond motifs is 2. The van der Waals surface area contributed by atoms with Gasteiger partial charge < -0.3 is 4.90 Å². The smallest absolute Gasteiger partial charge is 0.255 e. The molecular weight excluding hydrogens is 391 g/mol. The number of benzene rings is 1.